The lowest BCUT2D eigenvalue weighted by Crippen LogP contribution is -2.25. The van der Waals surface area contributed by atoms with Crippen molar-refractivity contribution in [2.24, 2.45) is 0 Å². The fourth-order valence-corrected chi connectivity index (χ4v) is 2.88. The first-order valence-electron chi connectivity index (χ1n) is 9.08. The Kier molecular flexibility index (Phi) is 5.89. The summed E-state index contributed by atoms with van der Waals surface area (Å²) >= 11 is 0. The van der Waals surface area contributed by atoms with Crippen LogP contribution in [0.15, 0.2) is 53.1 Å². The quantitative estimate of drug-likeness (QED) is 0.686. The van der Waals surface area contributed by atoms with Crippen LogP contribution in [-0.4, -0.2) is 17.0 Å². The first-order chi connectivity index (χ1) is 13.4. The molecule has 0 radical (unpaired) electrons. The predicted molar refractivity (Wildman–Crippen MR) is 107 cm³/mol. The number of aromatic nitrogens is 1. The summed E-state index contributed by atoms with van der Waals surface area (Å²) in [5, 5.41) is 9.58. The van der Waals surface area contributed by atoms with E-state index >= 15 is 0 Å². The highest BCUT2D eigenvalue weighted by Crippen LogP contribution is 2.18. The SMILES string of the molecule is Cc1ccc(CNC(=O)c2ccccc2NC(=O)Cc2c(C)noc2C)cc1. The van der Waals surface area contributed by atoms with Crippen LogP contribution in [0, 0.1) is 20.8 Å². The number of benzene rings is 2. The van der Waals surface area contributed by atoms with Crippen molar-refractivity contribution in [3.8, 4) is 0 Å². The Bertz CT molecular complexity index is 971. The summed E-state index contributed by atoms with van der Waals surface area (Å²) in [6.45, 7) is 6.00. The molecule has 0 aliphatic carbocycles. The van der Waals surface area contributed by atoms with Gasteiger partial charge in [-0.3, -0.25) is 9.59 Å². The average molecular weight is 377 g/mol. The van der Waals surface area contributed by atoms with Crippen molar-refractivity contribution in [3.63, 3.8) is 0 Å². The molecule has 0 unspecified atom stereocenters. The number of nitrogens with one attached hydrogen (secondary N) is 2. The molecule has 0 aliphatic rings. The summed E-state index contributed by atoms with van der Waals surface area (Å²) < 4.78 is 5.10. The molecule has 0 aliphatic heterocycles. The largest absolute Gasteiger partial charge is 0.361 e. The molecule has 144 valence electrons. The van der Waals surface area contributed by atoms with Gasteiger partial charge in [0.2, 0.25) is 5.91 Å². The molecule has 0 saturated heterocycles. The van der Waals surface area contributed by atoms with Crippen LogP contribution in [0.4, 0.5) is 5.69 Å². The third-order valence-electron chi connectivity index (χ3n) is 4.54. The molecule has 2 N–H and O–H groups in total. The van der Waals surface area contributed by atoms with E-state index in [0.29, 0.717) is 29.2 Å². The minimum absolute atomic E-state index is 0.139. The molecule has 28 heavy (non-hydrogen) atoms. The zero-order valence-electron chi connectivity index (χ0n) is 16.2. The van der Waals surface area contributed by atoms with Gasteiger partial charge in [0.05, 0.1) is 23.4 Å². The highest BCUT2D eigenvalue weighted by atomic mass is 16.5. The molecule has 1 heterocycles. The minimum atomic E-state index is -0.242. The van der Waals surface area contributed by atoms with Gasteiger partial charge >= 0.3 is 0 Å². The van der Waals surface area contributed by atoms with Crippen LogP contribution >= 0.6 is 0 Å². The Labute approximate surface area is 163 Å². The molecule has 6 heteroatoms. The number of rotatable bonds is 6. The van der Waals surface area contributed by atoms with Gasteiger partial charge < -0.3 is 15.2 Å². The lowest BCUT2D eigenvalue weighted by Gasteiger charge is -2.12. The van der Waals surface area contributed by atoms with Crippen molar-refractivity contribution in [1.29, 1.82) is 0 Å². The second kappa shape index (κ2) is 8.52. The van der Waals surface area contributed by atoms with E-state index < -0.39 is 0 Å². The number of hydrogen-bond donors (Lipinski definition) is 2. The molecule has 2 aromatic carbocycles. The monoisotopic (exact) mass is 377 g/mol. The van der Waals surface area contributed by atoms with Gasteiger partial charge in [-0.05, 0) is 38.5 Å². The third-order valence-corrected chi connectivity index (χ3v) is 4.54. The minimum Gasteiger partial charge on any atom is -0.361 e. The zero-order valence-corrected chi connectivity index (χ0v) is 16.2. The standard InChI is InChI=1S/C22H23N3O3/c1-14-8-10-17(11-9-14)13-23-22(27)18-6-4-5-7-20(18)24-21(26)12-19-15(2)25-28-16(19)3/h4-11H,12-13H2,1-3H3,(H,23,27)(H,24,26). The number of anilines is 1. The zero-order chi connectivity index (χ0) is 20.1. The number of nitrogens with zero attached hydrogens (tertiary/aromatic N) is 1. The Morgan fingerprint density at radius 1 is 1.00 bits per heavy atom. The first-order valence-corrected chi connectivity index (χ1v) is 9.08. The maximum absolute atomic E-state index is 12.6. The van der Waals surface area contributed by atoms with Crippen molar-refractivity contribution in [1.82, 2.24) is 10.5 Å². The molecule has 6 nitrogen and oxygen atoms in total. The van der Waals surface area contributed by atoms with Crippen LogP contribution < -0.4 is 10.6 Å². The normalized spacial score (nSPS) is 10.5. The van der Waals surface area contributed by atoms with Gasteiger partial charge in [0.25, 0.3) is 5.91 Å². The lowest BCUT2D eigenvalue weighted by atomic mass is 10.1. The molecular formula is C22H23N3O3. The van der Waals surface area contributed by atoms with E-state index in [4.69, 9.17) is 4.52 Å². The molecule has 0 atom stereocenters. The van der Waals surface area contributed by atoms with Crippen molar-refractivity contribution >= 4 is 17.5 Å². The molecule has 1 aromatic heterocycles. The molecule has 0 fully saturated rings. The lowest BCUT2D eigenvalue weighted by molar-refractivity contribution is -0.115. The summed E-state index contributed by atoms with van der Waals surface area (Å²) in [7, 11) is 0. The summed E-state index contributed by atoms with van der Waals surface area (Å²) in [4.78, 5) is 25.1. The van der Waals surface area contributed by atoms with Crippen molar-refractivity contribution in [2.75, 3.05) is 5.32 Å². The van der Waals surface area contributed by atoms with E-state index in [9.17, 15) is 9.59 Å². The summed E-state index contributed by atoms with van der Waals surface area (Å²) in [5.74, 6) is 0.152. The first kappa shape index (κ1) is 19.4. The molecule has 0 saturated carbocycles. The van der Waals surface area contributed by atoms with Gasteiger partial charge in [-0.2, -0.15) is 0 Å². The summed E-state index contributed by atoms with van der Waals surface area (Å²) in [6.07, 6.45) is 0.139. The Hall–Kier alpha value is -3.41. The van der Waals surface area contributed by atoms with E-state index in [2.05, 4.69) is 15.8 Å². The van der Waals surface area contributed by atoms with Crippen molar-refractivity contribution < 1.29 is 14.1 Å². The van der Waals surface area contributed by atoms with E-state index in [1.165, 1.54) is 5.56 Å². The van der Waals surface area contributed by atoms with E-state index in [0.717, 1.165) is 11.1 Å². The molecule has 3 aromatic rings. The fraction of sp³-hybridized carbons (Fsp3) is 0.227. The second-order valence-corrected chi connectivity index (χ2v) is 6.74. The number of carbonyl (C=O) groups is 2. The number of hydrogen-bond acceptors (Lipinski definition) is 4. The van der Waals surface area contributed by atoms with Crippen LogP contribution in [0.5, 0.6) is 0 Å². The maximum atomic E-state index is 12.6. The van der Waals surface area contributed by atoms with Crippen LogP contribution in [0.1, 0.15) is 38.5 Å². The molecule has 0 spiro atoms. The number of para-hydroxylation sites is 1. The summed E-state index contributed by atoms with van der Waals surface area (Å²) in [6, 6.07) is 14.9. The van der Waals surface area contributed by atoms with Crippen LogP contribution in [0.3, 0.4) is 0 Å². The summed E-state index contributed by atoms with van der Waals surface area (Å²) in [5.41, 5.74) is 4.53. The van der Waals surface area contributed by atoms with Crippen molar-refractivity contribution in [3.05, 3.63) is 82.2 Å². The van der Waals surface area contributed by atoms with E-state index in [-0.39, 0.29) is 18.2 Å². The Morgan fingerprint density at radius 3 is 2.39 bits per heavy atom. The van der Waals surface area contributed by atoms with Crippen LogP contribution in [0.2, 0.25) is 0 Å². The van der Waals surface area contributed by atoms with Gasteiger partial charge in [-0.1, -0.05) is 47.1 Å². The highest BCUT2D eigenvalue weighted by molar-refractivity contribution is 6.04. The van der Waals surface area contributed by atoms with Gasteiger partial charge in [0, 0.05) is 12.1 Å². The average Bonchev–Trinajstić information content (AvgIpc) is 2.99. The highest BCUT2D eigenvalue weighted by Gasteiger charge is 2.16. The van der Waals surface area contributed by atoms with E-state index in [1.807, 2.05) is 31.2 Å². The molecular weight excluding hydrogens is 354 g/mol. The van der Waals surface area contributed by atoms with Gasteiger partial charge in [-0.15, -0.1) is 0 Å². The van der Waals surface area contributed by atoms with Crippen LogP contribution in [-0.2, 0) is 17.8 Å². The fourth-order valence-electron chi connectivity index (χ4n) is 2.88. The third kappa shape index (κ3) is 4.65. The maximum Gasteiger partial charge on any atom is 0.253 e. The molecule has 2 amide bonds. The Morgan fingerprint density at radius 2 is 1.71 bits per heavy atom. The second-order valence-electron chi connectivity index (χ2n) is 6.74. The van der Waals surface area contributed by atoms with E-state index in [1.54, 1.807) is 38.1 Å². The van der Waals surface area contributed by atoms with Gasteiger partial charge in [0.1, 0.15) is 5.76 Å². The molecule has 0 bridgehead atoms. The number of carbonyl (C=O) groups excluding carboxylic acids is 2. The topological polar surface area (TPSA) is 84.2 Å². The number of amides is 2. The molecule has 3 rings (SSSR count). The predicted octanol–water partition coefficient (Wildman–Crippen LogP) is 3.71. The van der Waals surface area contributed by atoms with Crippen molar-refractivity contribution in [2.45, 2.75) is 33.7 Å². The number of aryl methyl sites for hydroxylation is 3. The van der Waals surface area contributed by atoms with Gasteiger partial charge in [0.15, 0.2) is 0 Å². The smallest absolute Gasteiger partial charge is 0.253 e. The van der Waals surface area contributed by atoms with Crippen LogP contribution in [0.25, 0.3) is 0 Å². The Balaban J connectivity index is 1.67. The van der Waals surface area contributed by atoms with Gasteiger partial charge in [-0.25, -0.2) is 0 Å².